The Morgan fingerprint density at radius 2 is 1.68 bits per heavy atom. The van der Waals surface area contributed by atoms with Crippen LogP contribution in [0.4, 0.5) is 5.69 Å². The van der Waals surface area contributed by atoms with Gasteiger partial charge in [-0.15, -0.1) is 0 Å². The predicted octanol–water partition coefficient (Wildman–Crippen LogP) is 5.26. The molecule has 0 spiro atoms. The second-order valence-corrected chi connectivity index (χ2v) is 8.66. The van der Waals surface area contributed by atoms with Crippen LogP contribution < -0.4 is 10.2 Å². The van der Waals surface area contributed by atoms with E-state index in [0.717, 1.165) is 24.9 Å². The normalized spacial score (nSPS) is 24.5. The van der Waals surface area contributed by atoms with Crippen molar-refractivity contribution < 1.29 is 4.79 Å². The summed E-state index contributed by atoms with van der Waals surface area (Å²) in [6, 6.07) is 19.0. The Morgan fingerprint density at radius 1 is 1.00 bits per heavy atom. The van der Waals surface area contributed by atoms with Crippen molar-refractivity contribution in [2.24, 2.45) is 0 Å². The van der Waals surface area contributed by atoms with Gasteiger partial charge in [-0.2, -0.15) is 0 Å². The average Bonchev–Trinajstić information content (AvgIpc) is 2.84. The summed E-state index contributed by atoms with van der Waals surface area (Å²) >= 11 is 0. The number of hydrogen-bond donors (Lipinski definition) is 1. The molecule has 1 heterocycles. The molecule has 0 saturated heterocycles. The summed E-state index contributed by atoms with van der Waals surface area (Å²) in [5, 5.41) is 3.83. The van der Waals surface area contributed by atoms with E-state index in [0.29, 0.717) is 6.54 Å². The molecular weight excluding hydrogens is 344 g/mol. The Kier molecular flexibility index (Phi) is 5.54. The van der Waals surface area contributed by atoms with Gasteiger partial charge in [0.2, 0.25) is 5.91 Å². The summed E-state index contributed by atoms with van der Waals surface area (Å²) in [5.74, 6) is 0.447. The van der Waals surface area contributed by atoms with E-state index < -0.39 is 0 Å². The zero-order chi connectivity index (χ0) is 19.6. The van der Waals surface area contributed by atoms with Gasteiger partial charge in [0.05, 0.1) is 6.04 Å². The molecule has 1 amide bonds. The summed E-state index contributed by atoms with van der Waals surface area (Å²) < 4.78 is 0. The van der Waals surface area contributed by atoms with Gasteiger partial charge in [0.1, 0.15) is 0 Å². The fourth-order valence-corrected chi connectivity index (χ4v) is 5.14. The van der Waals surface area contributed by atoms with Gasteiger partial charge in [-0.3, -0.25) is 4.79 Å². The summed E-state index contributed by atoms with van der Waals surface area (Å²) in [4.78, 5) is 15.6. The highest BCUT2D eigenvalue weighted by atomic mass is 16.2. The van der Waals surface area contributed by atoms with Gasteiger partial charge in [0.15, 0.2) is 0 Å². The van der Waals surface area contributed by atoms with Crippen LogP contribution in [0.15, 0.2) is 54.6 Å². The number of benzene rings is 2. The van der Waals surface area contributed by atoms with Crippen molar-refractivity contribution in [3.63, 3.8) is 0 Å². The molecule has 3 nitrogen and oxygen atoms in total. The Balaban J connectivity index is 1.74. The molecule has 2 atom stereocenters. The van der Waals surface area contributed by atoms with Crippen molar-refractivity contribution in [2.75, 3.05) is 11.4 Å². The van der Waals surface area contributed by atoms with Crippen LogP contribution in [0.25, 0.3) is 0 Å². The first-order valence-corrected chi connectivity index (χ1v) is 10.8. The second kappa shape index (κ2) is 8.08. The molecule has 3 heteroatoms. The Labute approximate surface area is 169 Å². The number of hydrogen-bond acceptors (Lipinski definition) is 2. The molecule has 1 saturated carbocycles. The molecule has 1 aliphatic carbocycles. The van der Waals surface area contributed by atoms with Crippen molar-refractivity contribution in [1.82, 2.24) is 5.32 Å². The van der Waals surface area contributed by atoms with Crippen molar-refractivity contribution in [1.29, 1.82) is 0 Å². The minimum absolute atomic E-state index is 0.0652. The monoisotopic (exact) mass is 376 g/mol. The molecule has 4 rings (SSSR count). The third-order valence-electron chi connectivity index (χ3n) is 6.64. The Hall–Kier alpha value is -2.13. The number of carbonyl (C=O) groups is 1. The first kappa shape index (κ1) is 19.2. The van der Waals surface area contributed by atoms with Crippen LogP contribution in [0.1, 0.15) is 69.4 Å². The molecule has 0 radical (unpaired) electrons. The summed E-state index contributed by atoms with van der Waals surface area (Å²) in [6.07, 6.45) is 6.95. The van der Waals surface area contributed by atoms with Gasteiger partial charge in [0, 0.05) is 23.7 Å². The van der Waals surface area contributed by atoms with E-state index in [4.69, 9.17) is 0 Å². The van der Waals surface area contributed by atoms with Gasteiger partial charge >= 0.3 is 0 Å². The molecule has 1 fully saturated rings. The van der Waals surface area contributed by atoms with Crippen LogP contribution in [0.3, 0.4) is 0 Å². The van der Waals surface area contributed by atoms with Crippen molar-refractivity contribution >= 4 is 11.6 Å². The number of nitrogens with one attached hydrogen (secondary N) is 1. The zero-order valence-electron chi connectivity index (χ0n) is 17.2. The van der Waals surface area contributed by atoms with E-state index >= 15 is 0 Å². The van der Waals surface area contributed by atoms with Gasteiger partial charge in [-0.05, 0) is 50.3 Å². The third-order valence-corrected chi connectivity index (χ3v) is 6.64. The van der Waals surface area contributed by atoms with Crippen molar-refractivity contribution in [2.45, 2.75) is 69.9 Å². The molecule has 2 aromatic rings. The third kappa shape index (κ3) is 3.73. The van der Waals surface area contributed by atoms with Crippen LogP contribution in [0.5, 0.6) is 0 Å². The van der Waals surface area contributed by atoms with Crippen LogP contribution >= 0.6 is 0 Å². The quantitative estimate of drug-likeness (QED) is 0.790. The summed E-state index contributed by atoms with van der Waals surface area (Å²) in [5.41, 5.74) is 3.70. The maximum atomic E-state index is 13.6. The molecule has 2 aromatic carbocycles. The standard InChI is InChI=1S/C25H32N2O/c1-3-27-23-15-9-8-14-20(23)21(19-12-6-4-7-13-19)18-22(24(27)28)26-25(2)16-10-5-11-17-25/h4,6-9,12-15,21-22,26H,3,5,10-11,16-18H2,1-2H3. The van der Waals surface area contributed by atoms with E-state index in [2.05, 4.69) is 67.7 Å². The lowest BCUT2D eigenvalue weighted by atomic mass is 9.81. The molecule has 0 bridgehead atoms. The van der Waals surface area contributed by atoms with Crippen LogP contribution in [-0.2, 0) is 4.79 Å². The largest absolute Gasteiger partial charge is 0.311 e. The molecular formula is C25H32N2O. The van der Waals surface area contributed by atoms with Gasteiger partial charge in [0.25, 0.3) is 0 Å². The lowest BCUT2D eigenvalue weighted by Gasteiger charge is -2.38. The van der Waals surface area contributed by atoms with Gasteiger partial charge < -0.3 is 10.2 Å². The highest BCUT2D eigenvalue weighted by Gasteiger charge is 2.38. The van der Waals surface area contributed by atoms with E-state index in [1.807, 2.05) is 11.0 Å². The Bertz CT molecular complexity index is 810. The highest BCUT2D eigenvalue weighted by molar-refractivity contribution is 5.99. The smallest absolute Gasteiger partial charge is 0.244 e. The summed E-state index contributed by atoms with van der Waals surface area (Å²) in [7, 11) is 0. The fraction of sp³-hybridized carbons (Fsp3) is 0.480. The highest BCUT2D eigenvalue weighted by Crippen LogP contribution is 2.40. The number of likely N-dealkylation sites (N-methyl/N-ethyl adjacent to an activating group) is 1. The molecule has 1 aliphatic heterocycles. The SMILES string of the molecule is CCN1C(=O)C(NC2(C)CCCCC2)CC(c2ccccc2)c2ccccc21. The number of carbonyl (C=O) groups excluding carboxylic acids is 1. The molecule has 1 N–H and O–H groups in total. The fourth-order valence-electron chi connectivity index (χ4n) is 5.14. The van der Waals surface area contributed by atoms with Crippen molar-refractivity contribution in [3.05, 3.63) is 65.7 Å². The lowest BCUT2D eigenvalue weighted by Crippen LogP contribution is -2.55. The van der Waals surface area contributed by atoms with E-state index in [1.165, 1.54) is 30.4 Å². The second-order valence-electron chi connectivity index (χ2n) is 8.66. The number of anilines is 1. The number of amides is 1. The minimum Gasteiger partial charge on any atom is -0.311 e. The average molecular weight is 377 g/mol. The lowest BCUT2D eigenvalue weighted by molar-refractivity contribution is -0.121. The van der Waals surface area contributed by atoms with E-state index in [9.17, 15) is 4.79 Å². The summed E-state index contributed by atoms with van der Waals surface area (Å²) in [6.45, 7) is 5.09. The van der Waals surface area contributed by atoms with Crippen LogP contribution in [0, 0.1) is 0 Å². The van der Waals surface area contributed by atoms with Crippen LogP contribution in [0.2, 0.25) is 0 Å². The van der Waals surface area contributed by atoms with E-state index in [-0.39, 0.29) is 23.4 Å². The minimum atomic E-state index is -0.152. The molecule has 148 valence electrons. The molecule has 0 aromatic heterocycles. The molecule has 2 aliphatic rings. The zero-order valence-corrected chi connectivity index (χ0v) is 17.2. The van der Waals surface area contributed by atoms with E-state index in [1.54, 1.807) is 0 Å². The number of fused-ring (bicyclic) bond motifs is 1. The first-order valence-electron chi connectivity index (χ1n) is 10.8. The number of rotatable bonds is 4. The topological polar surface area (TPSA) is 32.3 Å². The maximum absolute atomic E-state index is 13.6. The molecule has 28 heavy (non-hydrogen) atoms. The maximum Gasteiger partial charge on any atom is 0.244 e. The Morgan fingerprint density at radius 3 is 2.39 bits per heavy atom. The number of para-hydroxylation sites is 1. The molecule has 2 unspecified atom stereocenters. The van der Waals surface area contributed by atoms with Crippen LogP contribution in [-0.4, -0.2) is 24.0 Å². The van der Waals surface area contributed by atoms with Gasteiger partial charge in [-0.1, -0.05) is 67.8 Å². The first-order chi connectivity index (χ1) is 13.6. The number of nitrogens with zero attached hydrogens (tertiary/aromatic N) is 1. The van der Waals surface area contributed by atoms with Crippen molar-refractivity contribution in [3.8, 4) is 0 Å². The predicted molar refractivity (Wildman–Crippen MR) is 116 cm³/mol. The van der Waals surface area contributed by atoms with Gasteiger partial charge in [-0.25, -0.2) is 0 Å².